The van der Waals surface area contributed by atoms with E-state index in [1.54, 1.807) is 0 Å². The monoisotopic (exact) mass is 245 g/mol. The van der Waals surface area contributed by atoms with Gasteiger partial charge in [0.2, 0.25) is 5.91 Å². The van der Waals surface area contributed by atoms with E-state index in [1.165, 1.54) is 0 Å². The lowest BCUT2D eigenvalue weighted by molar-refractivity contribution is -0.121. The molecule has 1 aliphatic carbocycles. The maximum atomic E-state index is 12.3. The third kappa shape index (κ3) is 1.76. The highest BCUT2D eigenvalue weighted by Crippen LogP contribution is 2.39. The molecule has 1 saturated carbocycles. The fraction of sp³-hybridized carbons (Fsp3) is 0.571. The molecule has 3 rings (SSSR count). The minimum Gasteiger partial charge on any atom is -0.354 e. The minimum atomic E-state index is -0.430. The number of nitrogens with zero attached hydrogens (tertiary/aromatic N) is 1. The van der Waals surface area contributed by atoms with Crippen molar-refractivity contribution in [2.75, 3.05) is 10.6 Å². The van der Waals surface area contributed by atoms with Crippen LogP contribution in [-0.2, 0) is 4.79 Å². The number of rotatable bonds is 0. The van der Waals surface area contributed by atoms with E-state index >= 15 is 0 Å². The number of carbonyl (C=O) groups excluding carboxylic acids is 1. The van der Waals surface area contributed by atoms with Crippen LogP contribution in [0.2, 0.25) is 0 Å². The standard InChI is InChI=1S/C14H19N3O/c1-9-5-7-14(8-6-9)13(18)16-11-4-3-10(2)15-12(11)17-14/h3-4,9H,5-8H2,1-2H3,(H,15,17)(H,16,18). The molecule has 1 aromatic rings. The third-order valence-electron chi connectivity index (χ3n) is 4.20. The topological polar surface area (TPSA) is 54.0 Å². The Morgan fingerprint density at radius 1 is 1.33 bits per heavy atom. The largest absolute Gasteiger partial charge is 0.354 e. The molecule has 2 heterocycles. The second-order valence-electron chi connectivity index (χ2n) is 5.69. The van der Waals surface area contributed by atoms with Crippen LogP contribution < -0.4 is 10.6 Å². The van der Waals surface area contributed by atoms with Gasteiger partial charge in [0.1, 0.15) is 5.54 Å². The summed E-state index contributed by atoms with van der Waals surface area (Å²) in [6, 6.07) is 3.84. The van der Waals surface area contributed by atoms with Crippen LogP contribution in [0.4, 0.5) is 11.5 Å². The highest BCUT2D eigenvalue weighted by molar-refractivity contribution is 6.05. The van der Waals surface area contributed by atoms with Crippen molar-refractivity contribution in [3.63, 3.8) is 0 Å². The van der Waals surface area contributed by atoms with Gasteiger partial charge >= 0.3 is 0 Å². The van der Waals surface area contributed by atoms with Crippen molar-refractivity contribution in [2.45, 2.75) is 45.1 Å². The zero-order chi connectivity index (χ0) is 12.8. The Morgan fingerprint density at radius 2 is 2.06 bits per heavy atom. The van der Waals surface area contributed by atoms with Crippen LogP contribution in [0.3, 0.4) is 0 Å². The fourth-order valence-electron chi connectivity index (χ4n) is 2.89. The number of nitrogens with one attached hydrogen (secondary N) is 2. The number of anilines is 2. The average molecular weight is 245 g/mol. The van der Waals surface area contributed by atoms with E-state index in [2.05, 4.69) is 22.5 Å². The molecule has 1 aromatic heterocycles. The van der Waals surface area contributed by atoms with E-state index < -0.39 is 5.54 Å². The number of aromatic nitrogens is 1. The van der Waals surface area contributed by atoms with E-state index in [-0.39, 0.29) is 5.91 Å². The summed E-state index contributed by atoms with van der Waals surface area (Å²) < 4.78 is 0. The molecule has 96 valence electrons. The number of pyridine rings is 1. The average Bonchev–Trinajstić information content (AvgIpc) is 2.35. The molecule has 18 heavy (non-hydrogen) atoms. The predicted molar refractivity (Wildman–Crippen MR) is 71.6 cm³/mol. The minimum absolute atomic E-state index is 0.104. The summed E-state index contributed by atoms with van der Waals surface area (Å²) in [5, 5.41) is 6.40. The first-order valence-corrected chi connectivity index (χ1v) is 6.66. The predicted octanol–water partition coefficient (Wildman–Crippen LogP) is 2.70. The summed E-state index contributed by atoms with van der Waals surface area (Å²) in [5.74, 6) is 1.65. The van der Waals surface area contributed by atoms with Crippen molar-refractivity contribution in [3.05, 3.63) is 17.8 Å². The molecule has 0 bridgehead atoms. The van der Waals surface area contributed by atoms with Gasteiger partial charge in [0, 0.05) is 5.69 Å². The molecular weight excluding hydrogens is 226 g/mol. The lowest BCUT2D eigenvalue weighted by Gasteiger charge is -2.42. The van der Waals surface area contributed by atoms with Gasteiger partial charge in [-0.2, -0.15) is 0 Å². The zero-order valence-electron chi connectivity index (χ0n) is 10.9. The lowest BCUT2D eigenvalue weighted by Crippen LogP contribution is -2.54. The Labute approximate surface area is 107 Å². The molecule has 0 atom stereocenters. The molecular formula is C14H19N3O. The van der Waals surface area contributed by atoms with Gasteiger partial charge in [-0.15, -0.1) is 0 Å². The van der Waals surface area contributed by atoms with Crippen molar-refractivity contribution in [2.24, 2.45) is 5.92 Å². The van der Waals surface area contributed by atoms with Crippen molar-refractivity contribution in [1.82, 2.24) is 4.98 Å². The smallest absolute Gasteiger partial charge is 0.250 e. The van der Waals surface area contributed by atoms with E-state index in [4.69, 9.17) is 0 Å². The van der Waals surface area contributed by atoms with Crippen LogP contribution in [0.15, 0.2) is 12.1 Å². The summed E-state index contributed by atoms with van der Waals surface area (Å²) in [4.78, 5) is 16.8. The second-order valence-corrected chi connectivity index (χ2v) is 5.69. The molecule has 2 N–H and O–H groups in total. The van der Waals surface area contributed by atoms with Gasteiger partial charge < -0.3 is 10.6 Å². The molecule has 1 fully saturated rings. The first-order valence-electron chi connectivity index (χ1n) is 6.66. The lowest BCUT2D eigenvalue weighted by atomic mass is 9.75. The maximum absolute atomic E-state index is 12.3. The van der Waals surface area contributed by atoms with Crippen LogP contribution in [0, 0.1) is 12.8 Å². The maximum Gasteiger partial charge on any atom is 0.250 e. The van der Waals surface area contributed by atoms with Crippen molar-refractivity contribution in [3.8, 4) is 0 Å². The van der Waals surface area contributed by atoms with Gasteiger partial charge in [0.15, 0.2) is 5.82 Å². The van der Waals surface area contributed by atoms with Crippen LogP contribution in [0.5, 0.6) is 0 Å². The van der Waals surface area contributed by atoms with Gasteiger partial charge in [-0.1, -0.05) is 6.92 Å². The summed E-state index contributed by atoms with van der Waals surface area (Å²) in [7, 11) is 0. The Bertz CT molecular complexity index is 490. The summed E-state index contributed by atoms with van der Waals surface area (Å²) in [5.41, 5.74) is 1.34. The van der Waals surface area contributed by atoms with E-state index in [0.29, 0.717) is 0 Å². The van der Waals surface area contributed by atoms with Crippen LogP contribution in [-0.4, -0.2) is 16.4 Å². The van der Waals surface area contributed by atoms with E-state index in [1.807, 2.05) is 19.1 Å². The molecule has 0 radical (unpaired) electrons. The molecule has 4 heteroatoms. The Hall–Kier alpha value is -1.58. The molecule has 1 spiro atoms. The van der Waals surface area contributed by atoms with Crippen molar-refractivity contribution in [1.29, 1.82) is 0 Å². The Balaban J connectivity index is 1.93. The molecule has 0 saturated heterocycles. The highest BCUT2D eigenvalue weighted by Gasteiger charge is 2.44. The van der Waals surface area contributed by atoms with Crippen LogP contribution in [0.1, 0.15) is 38.3 Å². The Kier molecular flexibility index (Phi) is 2.54. The fourth-order valence-corrected chi connectivity index (χ4v) is 2.89. The normalized spacial score (nSPS) is 30.6. The van der Waals surface area contributed by atoms with Gasteiger partial charge in [0.25, 0.3) is 0 Å². The van der Waals surface area contributed by atoms with E-state index in [9.17, 15) is 4.79 Å². The third-order valence-corrected chi connectivity index (χ3v) is 4.20. The molecule has 0 unspecified atom stereocenters. The number of aryl methyl sites for hydroxylation is 1. The molecule has 2 aliphatic rings. The first kappa shape index (κ1) is 11.5. The van der Waals surface area contributed by atoms with Gasteiger partial charge in [-0.3, -0.25) is 4.79 Å². The number of fused-ring (bicyclic) bond motifs is 1. The molecule has 1 amide bonds. The SMILES string of the molecule is Cc1ccc2c(n1)NC1(CCC(C)CC1)C(=O)N2. The summed E-state index contributed by atoms with van der Waals surface area (Å²) in [6.07, 6.45) is 3.99. The summed E-state index contributed by atoms with van der Waals surface area (Å²) in [6.45, 7) is 4.22. The van der Waals surface area contributed by atoms with Crippen molar-refractivity contribution < 1.29 is 4.79 Å². The second kappa shape index (κ2) is 3.97. The number of carbonyl (C=O) groups is 1. The number of hydrogen-bond acceptors (Lipinski definition) is 3. The van der Waals surface area contributed by atoms with E-state index in [0.717, 1.165) is 48.8 Å². The van der Waals surface area contributed by atoms with Crippen LogP contribution >= 0.6 is 0 Å². The van der Waals surface area contributed by atoms with Crippen molar-refractivity contribution >= 4 is 17.4 Å². The number of amides is 1. The van der Waals surface area contributed by atoms with Gasteiger partial charge in [-0.05, 0) is 50.7 Å². The number of hydrogen-bond donors (Lipinski definition) is 2. The first-order chi connectivity index (χ1) is 8.59. The highest BCUT2D eigenvalue weighted by atomic mass is 16.2. The molecule has 0 aromatic carbocycles. The van der Waals surface area contributed by atoms with Gasteiger partial charge in [-0.25, -0.2) is 4.98 Å². The molecule has 4 nitrogen and oxygen atoms in total. The Morgan fingerprint density at radius 3 is 2.78 bits per heavy atom. The zero-order valence-corrected chi connectivity index (χ0v) is 10.9. The van der Waals surface area contributed by atoms with Crippen LogP contribution in [0.25, 0.3) is 0 Å². The van der Waals surface area contributed by atoms with Gasteiger partial charge in [0.05, 0.1) is 5.69 Å². The quantitative estimate of drug-likeness (QED) is 0.739. The molecule has 1 aliphatic heterocycles. The summed E-state index contributed by atoms with van der Waals surface area (Å²) >= 11 is 0.